The molecule has 1 unspecified atom stereocenters. The van der Waals surface area contributed by atoms with Crippen LogP contribution in [-0.2, 0) is 9.59 Å². The zero-order valence-electron chi connectivity index (χ0n) is 12.5. The van der Waals surface area contributed by atoms with E-state index in [0.29, 0.717) is 13.1 Å². The number of aliphatic hydroxyl groups excluding tert-OH is 1. The maximum absolute atomic E-state index is 12.2. The Labute approximate surface area is 115 Å². The van der Waals surface area contributed by atoms with E-state index < -0.39 is 5.41 Å². The van der Waals surface area contributed by atoms with Crippen LogP contribution in [0.3, 0.4) is 0 Å². The van der Waals surface area contributed by atoms with Gasteiger partial charge in [0.05, 0.1) is 12.5 Å². The van der Waals surface area contributed by atoms with Crippen LogP contribution in [0.15, 0.2) is 0 Å². The van der Waals surface area contributed by atoms with Gasteiger partial charge in [0.15, 0.2) is 0 Å². The largest absolute Gasteiger partial charge is 0.395 e. The maximum Gasteiger partial charge on any atom is 0.227 e. The van der Waals surface area contributed by atoms with Crippen molar-refractivity contribution in [3.8, 4) is 0 Å². The van der Waals surface area contributed by atoms with Crippen LogP contribution in [0, 0.1) is 11.3 Å². The molecule has 0 aromatic carbocycles. The second-order valence-electron chi connectivity index (χ2n) is 6.32. The number of hydrogen-bond donors (Lipinski definition) is 1. The molecule has 0 aromatic heterocycles. The number of carbonyl (C=O) groups is 2. The molecule has 1 heterocycles. The fourth-order valence-electron chi connectivity index (χ4n) is 2.41. The van der Waals surface area contributed by atoms with Crippen molar-refractivity contribution in [1.82, 2.24) is 9.80 Å². The van der Waals surface area contributed by atoms with Gasteiger partial charge in [-0.15, -0.1) is 0 Å². The lowest BCUT2D eigenvalue weighted by Gasteiger charge is -2.37. The molecule has 1 N–H and O–H groups in total. The summed E-state index contributed by atoms with van der Waals surface area (Å²) in [5, 5.41) is 8.87. The van der Waals surface area contributed by atoms with Crippen molar-refractivity contribution < 1.29 is 14.7 Å². The molecule has 1 saturated heterocycles. The molecule has 0 aromatic rings. The van der Waals surface area contributed by atoms with Gasteiger partial charge in [-0.2, -0.15) is 0 Å². The van der Waals surface area contributed by atoms with Crippen LogP contribution in [0.2, 0.25) is 0 Å². The molecular formula is C14H26N2O3. The first kappa shape index (κ1) is 16.0. The maximum atomic E-state index is 12.2. The molecule has 110 valence electrons. The monoisotopic (exact) mass is 270 g/mol. The van der Waals surface area contributed by atoms with E-state index in [1.54, 1.807) is 16.8 Å². The molecular weight excluding hydrogens is 244 g/mol. The van der Waals surface area contributed by atoms with E-state index in [0.717, 1.165) is 19.4 Å². The third kappa shape index (κ3) is 4.20. The van der Waals surface area contributed by atoms with E-state index >= 15 is 0 Å². The van der Waals surface area contributed by atoms with Gasteiger partial charge in [-0.3, -0.25) is 9.59 Å². The zero-order chi connectivity index (χ0) is 14.6. The molecule has 0 saturated carbocycles. The molecule has 19 heavy (non-hydrogen) atoms. The third-order valence-corrected chi connectivity index (χ3v) is 3.51. The molecule has 0 radical (unpaired) electrons. The summed E-state index contributed by atoms with van der Waals surface area (Å²) in [6.45, 7) is 7.27. The number of rotatable bonds is 3. The summed E-state index contributed by atoms with van der Waals surface area (Å²) in [7, 11) is 1.70. The number of nitrogens with zero attached hydrogens (tertiary/aromatic N) is 2. The minimum Gasteiger partial charge on any atom is -0.395 e. The number of aliphatic hydroxyl groups is 1. The number of hydrogen-bond acceptors (Lipinski definition) is 3. The van der Waals surface area contributed by atoms with Gasteiger partial charge >= 0.3 is 0 Å². The standard InChI is InChI=1S/C14H26N2O3/c1-14(2,3)13(19)16-7-5-6-11(10-16)12(18)15(4)8-9-17/h11,17H,5-10H2,1-4H3. The average molecular weight is 270 g/mol. The van der Waals surface area contributed by atoms with Crippen LogP contribution in [0.4, 0.5) is 0 Å². The number of likely N-dealkylation sites (tertiary alicyclic amines) is 1. The summed E-state index contributed by atoms with van der Waals surface area (Å²) < 4.78 is 0. The first-order valence-corrected chi connectivity index (χ1v) is 6.92. The molecule has 0 spiro atoms. The van der Waals surface area contributed by atoms with E-state index in [1.165, 1.54) is 0 Å². The lowest BCUT2D eigenvalue weighted by atomic mass is 9.90. The molecule has 2 amide bonds. The molecule has 0 aliphatic carbocycles. The highest BCUT2D eigenvalue weighted by Crippen LogP contribution is 2.24. The van der Waals surface area contributed by atoms with Crippen LogP contribution in [0.5, 0.6) is 0 Å². The molecule has 1 fully saturated rings. The number of amides is 2. The number of piperidine rings is 1. The van der Waals surface area contributed by atoms with E-state index in [9.17, 15) is 9.59 Å². The molecule has 5 heteroatoms. The minimum absolute atomic E-state index is 0.0282. The normalized spacial score (nSPS) is 20.3. The Morgan fingerprint density at radius 1 is 1.37 bits per heavy atom. The molecule has 1 aliphatic heterocycles. The third-order valence-electron chi connectivity index (χ3n) is 3.51. The van der Waals surface area contributed by atoms with Gasteiger partial charge in [-0.25, -0.2) is 0 Å². The Hall–Kier alpha value is -1.10. The van der Waals surface area contributed by atoms with E-state index in [-0.39, 0.29) is 24.3 Å². The predicted molar refractivity (Wildman–Crippen MR) is 73.5 cm³/mol. The van der Waals surface area contributed by atoms with E-state index in [4.69, 9.17) is 5.11 Å². The fraction of sp³-hybridized carbons (Fsp3) is 0.857. The van der Waals surface area contributed by atoms with Gasteiger partial charge in [0.1, 0.15) is 0 Å². The van der Waals surface area contributed by atoms with E-state index in [1.807, 2.05) is 20.8 Å². The van der Waals surface area contributed by atoms with Gasteiger partial charge in [0.25, 0.3) is 0 Å². The first-order valence-electron chi connectivity index (χ1n) is 6.92. The molecule has 0 bridgehead atoms. The summed E-state index contributed by atoms with van der Waals surface area (Å²) in [5.74, 6) is 0.00636. The minimum atomic E-state index is -0.401. The highest BCUT2D eigenvalue weighted by atomic mass is 16.3. The van der Waals surface area contributed by atoms with Crippen molar-refractivity contribution in [2.45, 2.75) is 33.6 Å². The number of likely N-dealkylation sites (N-methyl/N-ethyl adjacent to an activating group) is 1. The Morgan fingerprint density at radius 3 is 2.53 bits per heavy atom. The Bertz CT molecular complexity index is 336. The highest BCUT2D eigenvalue weighted by molar-refractivity contribution is 5.83. The van der Waals surface area contributed by atoms with Gasteiger partial charge in [0.2, 0.25) is 11.8 Å². The summed E-state index contributed by atoms with van der Waals surface area (Å²) in [6.07, 6.45) is 1.69. The van der Waals surface area contributed by atoms with Crippen molar-refractivity contribution in [2.24, 2.45) is 11.3 Å². The van der Waals surface area contributed by atoms with Crippen molar-refractivity contribution in [3.05, 3.63) is 0 Å². The van der Waals surface area contributed by atoms with Gasteiger partial charge in [-0.1, -0.05) is 20.8 Å². The lowest BCUT2D eigenvalue weighted by molar-refractivity contribution is -0.145. The smallest absolute Gasteiger partial charge is 0.227 e. The Kier molecular flexibility index (Phi) is 5.35. The van der Waals surface area contributed by atoms with Crippen molar-refractivity contribution in [2.75, 3.05) is 33.3 Å². The zero-order valence-corrected chi connectivity index (χ0v) is 12.5. The average Bonchev–Trinajstić information content (AvgIpc) is 2.36. The van der Waals surface area contributed by atoms with Crippen LogP contribution < -0.4 is 0 Å². The van der Waals surface area contributed by atoms with Crippen molar-refractivity contribution in [1.29, 1.82) is 0 Å². The topological polar surface area (TPSA) is 60.9 Å². The molecule has 1 atom stereocenters. The highest BCUT2D eigenvalue weighted by Gasteiger charge is 2.34. The molecule has 5 nitrogen and oxygen atoms in total. The van der Waals surface area contributed by atoms with Gasteiger partial charge in [0, 0.05) is 32.1 Å². The van der Waals surface area contributed by atoms with Gasteiger partial charge < -0.3 is 14.9 Å². The lowest BCUT2D eigenvalue weighted by Crippen LogP contribution is -2.49. The summed E-state index contributed by atoms with van der Waals surface area (Å²) in [5.41, 5.74) is -0.401. The summed E-state index contributed by atoms with van der Waals surface area (Å²) in [6, 6.07) is 0. The van der Waals surface area contributed by atoms with Crippen LogP contribution in [0.25, 0.3) is 0 Å². The fourth-order valence-corrected chi connectivity index (χ4v) is 2.41. The second kappa shape index (κ2) is 6.37. The Morgan fingerprint density at radius 2 is 2.00 bits per heavy atom. The molecule has 1 aliphatic rings. The quantitative estimate of drug-likeness (QED) is 0.822. The summed E-state index contributed by atoms with van der Waals surface area (Å²) in [4.78, 5) is 27.8. The van der Waals surface area contributed by atoms with Crippen molar-refractivity contribution in [3.63, 3.8) is 0 Å². The van der Waals surface area contributed by atoms with E-state index in [2.05, 4.69) is 0 Å². The summed E-state index contributed by atoms with van der Waals surface area (Å²) >= 11 is 0. The van der Waals surface area contributed by atoms with Crippen LogP contribution in [0.1, 0.15) is 33.6 Å². The van der Waals surface area contributed by atoms with Crippen LogP contribution >= 0.6 is 0 Å². The molecule has 1 rings (SSSR count). The second-order valence-corrected chi connectivity index (χ2v) is 6.32. The van der Waals surface area contributed by atoms with Crippen LogP contribution in [-0.4, -0.2) is 60.0 Å². The van der Waals surface area contributed by atoms with Crippen molar-refractivity contribution >= 4 is 11.8 Å². The predicted octanol–water partition coefficient (Wildman–Crippen LogP) is 0.722. The number of carbonyl (C=O) groups excluding carboxylic acids is 2. The Balaban J connectivity index is 2.64. The SMILES string of the molecule is CN(CCO)C(=O)C1CCCN(C(=O)C(C)(C)C)C1. The van der Waals surface area contributed by atoms with Gasteiger partial charge in [-0.05, 0) is 12.8 Å². The first-order chi connectivity index (χ1) is 8.77.